The summed E-state index contributed by atoms with van der Waals surface area (Å²) in [4.78, 5) is 40.3. The number of nitrogens with one attached hydrogen (secondary N) is 1. The molecular weight excluding hydrogens is 366 g/mol. The number of carbonyl (C=O) groups excluding carboxylic acids is 2. The third kappa shape index (κ3) is 4.41. The van der Waals surface area contributed by atoms with Crippen LogP contribution >= 0.6 is 11.3 Å². The summed E-state index contributed by atoms with van der Waals surface area (Å²) < 4.78 is 4.80. The minimum absolute atomic E-state index is 0.101. The summed E-state index contributed by atoms with van der Waals surface area (Å²) in [6.07, 6.45) is 5.08. The molecule has 1 saturated heterocycles. The highest BCUT2D eigenvalue weighted by Gasteiger charge is 2.29. The lowest BCUT2D eigenvalue weighted by Gasteiger charge is -2.31. The molecule has 0 aliphatic carbocycles. The van der Waals surface area contributed by atoms with Crippen molar-refractivity contribution in [3.8, 4) is 0 Å². The third-order valence-corrected chi connectivity index (χ3v) is 5.69. The number of piperidine rings is 1. The van der Waals surface area contributed by atoms with Crippen LogP contribution in [-0.2, 0) is 9.53 Å². The highest BCUT2D eigenvalue weighted by atomic mass is 32.1. The molecule has 0 bridgehead atoms. The van der Waals surface area contributed by atoms with Crippen LogP contribution in [0.3, 0.4) is 0 Å². The Labute approximate surface area is 162 Å². The molecule has 144 valence electrons. The number of nitrogens with zero attached hydrogens (tertiary/aromatic N) is 4. The number of anilines is 2. The fraction of sp³-hybridized carbons (Fsp3) is 0.500. The predicted molar refractivity (Wildman–Crippen MR) is 103 cm³/mol. The molecule has 1 fully saturated rings. The lowest BCUT2D eigenvalue weighted by Crippen LogP contribution is -2.41. The molecular formula is C18H23N5O3S. The van der Waals surface area contributed by atoms with Gasteiger partial charge in [-0.2, -0.15) is 0 Å². The molecule has 0 saturated carbocycles. The van der Waals surface area contributed by atoms with Crippen molar-refractivity contribution in [1.82, 2.24) is 15.0 Å². The molecule has 3 heterocycles. The number of aromatic nitrogens is 3. The molecule has 1 amide bonds. The fourth-order valence-electron chi connectivity index (χ4n) is 3.05. The number of hydrogen-bond donors (Lipinski definition) is 1. The lowest BCUT2D eigenvalue weighted by atomic mass is 9.97. The Bertz CT molecular complexity index is 809. The van der Waals surface area contributed by atoms with Crippen molar-refractivity contribution in [2.75, 3.05) is 30.4 Å². The Morgan fingerprint density at radius 3 is 2.74 bits per heavy atom. The van der Waals surface area contributed by atoms with Gasteiger partial charge >= 0.3 is 5.97 Å². The van der Waals surface area contributed by atoms with Crippen LogP contribution in [0.15, 0.2) is 18.5 Å². The summed E-state index contributed by atoms with van der Waals surface area (Å²) in [6, 6.07) is 1.77. The molecule has 3 rings (SSSR count). The summed E-state index contributed by atoms with van der Waals surface area (Å²) in [7, 11) is 1.33. The van der Waals surface area contributed by atoms with E-state index in [2.05, 4.69) is 20.3 Å². The second kappa shape index (κ2) is 8.43. The van der Waals surface area contributed by atoms with Crippen LogP contribution in [0.1, 0.15) is 48.0 Å². The Morgan fingerprint density at radius 1 is 1.33 bits per heavy atom. The van der Waals surface area contributed by atoms with E-state index in [-0.39, 0.29) is 23.4 Å². The van der Waals surface area contributed by atoms with Crippen molar-refractivity contribution in [2.24, 2.45) is 5.92 Å². The molecule has 1 aliphatic rings. The van der Waals surface area contributed by atoms with Gasteiger partial charge in [0.25, 0.3) is 0 Å². The molecule has 8 nitrogen and oxygen atoms in total. The molecule has 2 aromatic rings. The van der Waals surface area contributed by atoms with E-state index in [4.69, 9.17) is 4.74 Å². The molecule has 0 spiro atoms. The number of rotatable bonds is 5. The maximum absolute atomic E-state index is 12.7. The van der Waals surface area contributed by atoms with Crippen molar-refractivity contribution in [2.45, 2.75) is 32.6 Å². The Hall–Kier alpha value is -2.55. The van der Waals surface area contributed by atoms with Gasteiger partial charge in [0.15, 0.2) is 10.8 Å². The topological polar surface area (TPSA) is 97.3 Å². The Morgan fingerprint density at radius 2 is 2.07 bits per heavy atom. The molecule has 0 unspecified atom stereocenters. The maximum Gasteiger partial charge on any atom is 0.357 e. The van der Waals surface area contributed by atoms with Crippen LogP contribution in [0.2, 0.25) is 0 Å². The molecule has 27 heavy (non-hydrogen) atoms. The molecule has 1 aliphatic heterocycles. The van der Waals surface area contributed by atoms with Gasteiger partial charge in [0.05, 0.1) is 13.0 Å². The van der Waals surface area contributed by atoms with E-state index < -0.39 is 5.97 Å². The van der Waals surface area contributed by atoms with E-state index in [1.807, 2.05) is 18.7 Å². The molecule has 1 atom stereocenters. The number of esters is 1. The van der Waals surface area contributed by atoms with Crippen LogP contribution < -0.4 is 10.2 Å². The molecule has 0 radical (unpaired) electrons. The van der Waals surface area contributed by atoms with Gasteiger partial charge in [0, 0.05) is 30.4 Å². The van der Waals surface area contributed by atoms with Gasteiger partial charge in [-0.3, -0.25) is 4.79 Å². The molecule has 0 aromatic carbocycles. The van der Waals surface area contributed by atoms with Gasteiger partial charge in [-0.15, -0.1) is 11.3 Å². The fourth-order valence-corrected chi connectivity index (χ4v) is 4.01. The van der Waals surface area contributed by atoms with E-state index in [1.165, 1.54) is 18.4 Å². The van der Waals surface area contributed by atoms with E-state index in [9.17, 15) is 9.59 Å². The number of carbonyl (C=O) groups is 2. The van der Waals surface area contributed by atoms with Crippen molar-refractivity contribution in [3.63, 3.8) is 0 Å². The summed E-state index contributed by atoms with van der Waals surface area (Å²) in [6.45, 7) is 5.34. The van der Waals surface area contributed by atoms with Gasteiger partial charge in [0.2, 0.25) is 11.9 Å². The predicted octanol–water partition coefficient (Wildman–Crippen LogP) is 2.70. The molecule has 9 heteroatoms. The number of ether oxygens (including phenoxy) is 1. The Balaban J connectivity index is 1.70. The highest BCUT2D eigenvalue weighted by Crippen LogP contribution is 2.31. The second-order valence-corrected chi connectivity index (χ2v) is 7.73. The standard InChI is InChI=1S/C18H23N5O3S/c1-11(2)14-13(16(25)26-3)21-18(27-14)22-15(24)12-6-4-9-23(10-12)17-19-7-5-8-20-17/h5,7-8,11-12H,4,6,9-10H2,1-3H3,(H,21,22,24)/t12-/m1/s1. The van der Waals surface area contributed by atoms with Crippen LogP contribution in [0, 0.1) is 5.92 Å². The van der Waals surface area contributed by atoms with Gasteiger partial charge < -0.3 is 15.0 Å². The summed E-state index contributed by atoms with van der Waals surface area (Å²) >= 11 is 1.32. The highest BCUT2D eigenvalue weighted by molar-refractivity contribution is 7.16. The van der Waals surface area contributed by atoms with E-state index in [0.29, 0.717) is 17.6 Å². The van der Waals surface area contributed by atoms with Crippen LogP contribution in [0.4, 0.5) is 11.1 Å². The van der Waals surface area contributed by atoms with Crippen molar-refractivity contribution in [3.05, 3.63) is 29.0 Å². The minimum atomic E-state index is -0.486. The summed E-state index contributed by atoms with van der Waals surface area (Å²) in [5.74, 6) is -0.0193. The first-order valence-electron chi connectivity index (χ1n) is 8.91. The number of amides is 1. The average Bonchev–Trinajstić information content (AvgIpc) is 3.12. The van der Waals surface area contributed by atoms with Crippen molar-refractivity contribution in [1.29, 1.82) is 0 Å². The van der Waals surface area contributed by atoms with Crippen molar-refractivity contribution >= 4 is 34.3 Å². The van der Waals surface area contributed by atoms with E-state index in [1.54, 1.807) is 18.5 Å². The Kier molecular flexibility index (Phi) is 6.00. The van der Waals surface area contributed by atoms with Crippen LogP contribution in [0.5, 0.6) is 0 Å². The van der Waals surface area contributed by atoms with Crippen LogP contribution in [0.25, 0.3) is 0 Å². The SMILES string of the molecule is COC(=O)c1nc(NC(=O)[C@@H]2CCCN(c3ncccn3)C2)sc1C(C)C. The number of thiazole rings is 1. The smallest absolute Gasteiger partial charge is 0.357 e. The van der Waals surface area contributed by atoms with Gasteiger partial charge in [0.1, 0.15) is 0 Å². The molecule has 2 aromatic heterocycles. The zero-order chi connectivity index (χ0) is 19.4. The summed E-state index contributed by atoms with van der Waals surface area (Å²) in [5, 5.41) is 3.30. The molecule has 1 N–H and O–H groups in total. The first kappa shape index (κ1) is 19.2. The monoisotopic (exact) mass is 389 g/mol. The largest absolute Gasteiger partial charge is 0.464 e. The minimum Gasteiger partial charge on any atom is -0.464 e. The van der Waals surface area contributed by atoms with Gasteiger partial charge in [-0.05, 0) is 24.8 Å². The first-order valence-corrected chi connectivity index (χ1v) is 9.73. The first-order chi connectivity index (χ1) is 13.0. The average molecular weight is 389 g/mol. The third-order valence-electron chi connectivity index (χ3n) is 4.41. The normalized spacial score (nSPS) is 17.0. The van der Waals surface area contributed by atoms with Gasteiger partial charge in [-0.1, -0.05) is 13.8 Å². The summed E-state index contributed by atoms with van der Waals surface area (Å²) in [5.41, 5.74) is 0.274. The number of methoxy groups -OCH3 is 1. The lowest BCUT2D eigenvalue weighted by molar-refractivity contribution is -0.120. The van der Waals surface area contributed by atoms with Crippen LogP contribution in [-0.4, -0.2) is 47.0 Å². The second-order valence-electron chi connectivity index (χ2n) is 6.70. The zero-order valence-electron chi connectivity index (χ0n) is 15.6. The van der Waals surface area contributed by atoms with E-state index in [0.717, 1.165) is 24.3 Å². The van der Waals surface area contributed by atoms with Crippen molar-refractivity contribution < 1.29 is 14.3 Å². The van der Waals surface area contributed by atoms with Gasteiger partial charge in [-0.25, -0.2) is 19.7 Å². The van der Waals surface area contributed by atoms with E-state index >= 15 is 0 Å². The quantitative estimate of drug-likeness (QED) is 0.785. The number of hydrogen-bond acceptors (Lipinski definition) is 8. The zero-order valence-corrected chi connectivity index (χ0v) is 16.5. The maximum atomic E-state index is 12.7.